The van der Waals surface area contributed by atoms with E-state index in [1.165, 1.54) is 6.08 Å². The largest absolute Gasteiger partial charge is 0.462 e. The van der Waals surface area contributed by atoms with Gasteiger partial charge in [0.15, 0.2) is 0 Å². The second kappa shape index (κ2) is 7.76. The van der Waals surface area contributed by atoms with Crippen molar-refractivity contribution in [2.45, 2.75) is 12.5 Å². The van der Waals surface area contributed by atoms with Gasteiger partial charge in [-0.3, -0.25) is 4.79 Å². The number of furan rings is 1. The van der Waals surface area contributed by atoms with Gasteiger partial charge in [0.05, 0.1) is 5.29 Å². The van der Waals surface area contributed by atoms with E-state index in [4.69, 9.17) is 10.3 Å². The van der Waals surface area contributed by atoms with Crippen LogP contribution < -0.4 is 5.84 Å². The third-order valence-electron chi connectivity index (χ3n) is 3.09. The average Bonchev–Trinajstić information content (AvgIpc) is 3.05. The number of nitrogens with two attached hydrogens (primary N) is 1. The summed E-state index contributed by atoms with van der Waals surface area (Å²) in [7, 11) is 0. The summed E-state index contributed by atoms with van der Waals surface area (Å²) in [6.07, 6.45) is 2.70. The lowest BCUT2D eigenvalue weighted by molar-refractivity contribution is -0.126. The number of rotatable bonds is 7. The van der Waals surface area contributed by atoms with Crippen LogP contribution in [0, 0.1) is 9.81 Å². The minimum absolute atomic E-state index is 0.169. The molecule has 0 spiro atoms. The molecule has 1 atom stereocenters. The lowest BCUT2D eigenvalue weighted by Crippen LogP contribution is -2.29. The van der Waals surface area contributed by atoms with Gasteiger partial charge in [0.1, 0.15) is 17.6 Å². The molecule has 1 aromatic carbocycles. The monoisotopic (exact) mass is 314 g/mol. The zero-order chi connectivity index (χ0) is 16.7. The highest BCUT2D eigenvalue weighted by atomic mass is 16.3. The standard InChI is InChI=1S/C15H14N4O4/c16-19(18-22)15(20)9-8-12-6-7-13(23-12)10-14(17-21)11-4-2-1-3-5-11/h1-9,14H,10,16H2/b9-8+. The summed E-state index contributed by atoms with van der Waals surface area (Å²) in [6.45, 7) is 0. The fourth-order valence-electron chi connectivity index (χ4n) is 1.95. The molecule has 0 radical (unpaired) electrons. The lowest BCUT2D eigenvalue weighted by atomic mass is 10.0. The molecule has 1 heterocycles. The van der Waals surface area contributed by atoms with Crippen molar-refractivity contribution in [2.24, 2.45) is 16.3 Å². The highest BCUT2D eigenvalue weighted by Crippen LogP contribution is 2.23. The third-order valence-corrected chi connectivity index (χ3v) is 3.09. The average molecular weight is 314 g/mol. The minimum Gasteiger partial charge on any atom is -0.462 e. The van der Waals surface area contributed by atoms with Crippen LogP contribution in [0.5, 0.6) is 0 Å². The molecule has 23 heavy (non-hydrogen) atoms. The molecule has 0 bridgehead atoms. The molecular weight excluding hydrogens is 300 g/mol. The molecule has 8 heteroatoms. The van der Waals surface area contributed by atoms with Crippen LogP contribution in [-0.2, 0) is 11.2 Å². The maximum atomic E-state index is 11.3. The second-order valence-corrected chi connectivity index (χ2v) is 4.64. The highest BCUT2D eigenvalue weighted by Gasteiger charge is 2.14. The van der Waals surface area contributed by atoms with Crippen LogP contribution >= 0.6 is 0 Å². The van der Waals surface area contributed by atoms with Gasteiger partial charge < -0.3 is 4.42 Å². The molecule has 0 aliphatic heterocycles. The number of carbonyl (C=O) groups excluding carboxylic acids is 1. The quantitative estimate of drug-likeness (QED) is 0.277. The Morgan fingerprint density at radius 3 is 2.61 bits per heavy atom. The zero-order valence-corrected chi connectivity index (χ0v) is 12.0. The molecule has 1 amide bonds. The molecule has 2 rings (SSSR count). The number of amides is 1. The Morgan fingerprint density at radius 1 is 1.22 bits per heavy atom. The summed E-state index contributed by atoms with van der Waals surface area (Å²) in [4.78, 5) is 32.4. The topological polar surface area (TPSA) is 118 Å². The van der Waals surface area contributed by atoms with E-state index in [1.807, 2.05) is 30.3 Å². The first-order valence-electron chi connectivity index (χ1n) is 6.70. The van der Waals surface area contributed by atoms with Crippen molar-refractivity contribution in [1.29, 1.82) is 0 Å². The van der Waals surface area contributed by atoms with E-state index in [-0.39, 0.29) is 5.12 Å². The zero-order valence-electron chi connectivity index (χ0n) is 12.0. The molecule has 0 aliphatic carbocycles. The summed E-state index contributed by atoms with van der Waals surface area (Å²) >= 11 is 0. The molecule has 0 fully saturated rings. The molecular formula is C15H14N4O4. The third kappa shape index (κ3) is 4.42. The van der Waals surface area contributed by atoms with Gasteiger partial charge in [0, 0.05) is 12.5 Å². The molecule has 2 N–H and O–H groups in total. The summed E-state index contributed by atoms with van der Waals surface area (Å²) < 4.78 is 5.50. The van der Waals surface area contributed by atoms with E-state index in [2.05, 4.69) is 10.5 Å². The Hall–Kier alpha value is -3.13. The van der Waals surface area contributed by atoms with E-state index >= 15 is 0 Å². The predicted molar refractivity (Wildman–Crippen MR) is 83.3 cm³/mol. The highest BCUT2D eigenvalue weighted by molar-refractivity contribution is 5.90. The van der Waals surface area contributed by atoms with Crippen molar-refractivity contribution >= 4 is 12.0 Å². The first-order valence-corrected chi connectivity index (χ1v) is 6.70. The first kappa shape index (κ1) is 16.2. The number of hydrazine groups is 1. The van der Waals surface area contributed by atoms with Gasteiger partial charge in [-0.1, -0.05) is 35.5 Å². The van der Waals surface area contributed by atoms with Crippen LogP contribution in [0.25, 0.3) is 6.08 Å². The van der Waals surface area contributed by atoms with Gasteiger partial charge in [-0.2, -0.15) is 4.91 Å². The van der Waals surface area contributed by atoms with Crippen LogP contribution in [0.4, 0.5) is 0 Å². The van der Waals surface area contributed by atoms with E-state index in [9.17, 15) is 14.6 Å². The van der Waals surface area contributed by atoms with E-state index in [1.54, 1.807) is 12.1 Å². The van der Waals surface area contributed by atoms with Crippen molar-refractivity contribution < 1.29 is 9.21 Å². The first-order chi connectivity index (χ1) is 11.1. The van der Waals surface area contributed by atoms with Gasteiger partial charge >= 0.3 is 0 Å². The fourth-order valence-corrected chi connectivity index (χ4v) is 1.95. The van der Waals surface area contributed by atoms with Crippen LogP contribution in [-0.4, -0.2) is 11.0 Å². The van der Waals surface area contributed by atoms with Gasteiger partial charge in [-0.25, -0.2) is 5.84 Å². The Labute approximate surface area is 131 Å². The Bertz CT molecular complexity index is 711. The van der Waals surface area contributed by atoms with Gasteiger partial charge in [-0.05, 0) is 23.8 Å². The Balaban J connectivity index is 2.04. The van der Waals surface area contributed by atoms with Crippen molar-refractivity contribution in [3.05, 3.63) is 75.4 Å². The van der Waals surface area contributed by atoms with Crippen molar-refractivity contribution in [1.82, 2.24) is 5.12 Å². The fraction of sp³-hybridized carbons (Fsp3) is 0.133. The number of nitrogens with zero attached hydrogens (tertiary/aromatic N) is 3. The van der Waals surface area contributed by atoms with Crippen molar-refractivity contribution in [2.75, 3.05) is 0 Å². The molecule has 0 saturated heterocycles. The molecule has 0 saturated carbocycles. The Kier molecular flexibility index (Phi) is 5.48. The van der Waals surface area contributed by atoms with Gasteiger partial charge in [0.25, 0.3) is 5.91 Å². The van der Waals surface area contributed by atoms with E-state index in [0.717, 1.165) is 11.6 Å². The molecule has 118 valence electrons. The summed E-state index contributed by atoms with van der Waals surface area (Å²) in [5, 5.41) is 5.56. The van der Waals surface area contributed by atoms with Crippen LogP contribution in [0.1, 0.15) is 23.1 Å². The second-order valence-electron chi connectivity index (χ2n) is 4.64. The van der Waals surface area contributed by atoms with Gasteiger partial charge in [0.2, 0.25) is 0 Å². The van der Waals surface area contributed by atoms with Crippen LogP contribution in [0.3, 0.4) is 0 Å². The smallest absolute Gasteiger partial charge is 0.284 e. The van der Waals surface area contributed by atoms with E-state index in [0.29, 0.717) is 17.9 Å². The van der Waals surface area contributed by atoms with Crippen molar-refractivity contribution in [3.63, 3.8) is 0 Å². The van der Waals surface area contributed by atoms with Gasteiger partial charge in [-0.15, -0.1) is 10.0 Å². The molecule has 8 nitrogen and oxygen atoms in total. The lowest BCUT2D eigenvalue weighted by Gasteiger charge is -2.06. The Morgan fingerprint density at radius 2 is 1.96 bits per heavy atom. The summed E-state index contributed by atoms with van der Waals surface area (Å²) in [5.41, 5.74) is 0.794. The summed E-state index contributed by atoms with van der Waals surface area (Å²) in [6, 6.07) is 11.9. The summed E-state index contributed by atoms with van der Waals surface area (Å²) in [5.74, 6) is 5.15. The maximum Gasteiger partial charge on any atom is 0.284 e. The number of hydrogen-bond acceptors (Lipinski definition) is 7. The van der Waals surface area contributed by atoms with Crippen LogP contribution in [0.15, 0.2) is 63.4 Å². The molecule has 1 unspecified atom stereocenters. The van der Waals surface area contributed by atoms with Crippen molar-refractivity contribution in [3.8, 4) is 0 Å². The SMILES string of the molecule is NN(N=O)C(=O)/C=C/c1ccc(CC(N=O)c2ccccc2)o1. The minimum atomic E-state index is -0.783. The normalized spacial score (nSPS) is 12.0. The number of nitroso groups, excluding NO2 is 2. The molecule has 0 aliphatic rings. The molecule has 2 aromatic rings. The van der Waals surface area contributed by atoms with Crippen LogP contribution in [0.2, 0.25) is 0 Å². The number of hydrogen-bond donors (Lipinski definition) is 1. The molecule has 1 aromatic heterocycles. The van der Waals surface area contributed by atoms with E-state index < -0.39 is 11.9 Å². The predicted octanol–water partition coefficient (Wildman–Crippen LogP) is 2.73. The number of carbonyl (C=O) groups is 1. The number of benzene rings is 1. The maximum absolute atomic E-state index is 11.3.